The molecule has 1 heterocycles. The van der Waals surface area contributed by atoms with Gasteiger partial charge in [0.05, 0.1) is 21.2 Å². The average Bonchev–Trinajstić information content (AvgIpc) is 3.13. The quantitative estimate of drug-likeness (QED) is 0.426. The van der Waals surface area contributed by atoms with Gasteiger partial charge in [0.2, 0.25) is 0 Å². The van der Waals surface area contributed by atoms with Crippen molar-refractivity contribution >= 4 is 27.6 Å². The molecule has 1 aliphatic rings. The summed E-state index contributed by atoms with van der Waals surface area (Å²) in [7, 11) is 0. The Kier molecular flexibility index (Phi) is 5.12. The molecule has 0 bridgehead atoms. The maximum Gasteiger partial charge on any atom is 0.338 e. The third-order valence-corrected chi connectivity index (χ3v) is 4.56. The van der Waals surface area contributed by atoms with Crippen molar-refractivity contribution < 1.29 is 18.8 Å². The van der Waals surface area contributed by atoms with Crippen LogP contribution < -0.4 is 0 Å². The first-order valence-corrected chi connectivity index (χ1v) is 8.49. The van der Waals surface area contributed by atoms with E-state index in [1.807, 2.05) is 6.20 Å². The van der Waals surface area contributed by atoms with Gasteiger partial charge in [0, 0.05) is 24.9 Å². The van der Waals surface area contributed by atoms with Crippen LogP contribution in [0.15, 0.2) is 41.1 Å². The zero-order valence-electron chi connectivity index (χ0n) is 13.0. The summed E-state index contributed by atoms with van der Waals surface area (Å²) in [6.07, 6.45) is 2.14. The number of ether oxygens (including phenoxy) is 1. The summed E-state index contributed by atoms with van der Waals surface area (Å²) < 4.78 is 22.0. The lowest BCUT2D eigenvalue weighted by Gasteiger charge is -2.14. The molecule has 1 aromatic carbocycles. The standard InChI is InChI=1S/C16H15BrFN3O4/c17-12-7-19-20(9-12)8-10-5-14(18)15(6-10)25-16(22)11-1-3-13(4-2-11)21(23)24/h1-4,7,9-10,14-15H,5-6,8H2/t10?,14-,15+/m1/s1. The minimum atomic E-state index is -1.23. The molecular weight excluding hydrogens is 397 g/mol. The fourth-order valence-electron chi connectivity index (χ4n) is 2.94. The van der Waals surface area contributed by atoms with Gasteiger partial charge in [-0.05, 0) is 46.8 Å². The molecule has 25 heavy (non-hydrogen) atoms. The van der Waals surface area contributed by atoms with Crippen molar-refractivity contribution in [2.24, 2.45) is 5.92 Å². The molecule has 0 amide bonds. The van der Waals surface area contributed by atoms with E-state index >= 15 is 0 Å². The number of carbonyl (C=O) groups excluding carboxylic acids is 1. The number of hydrogen-bond acceptors (Lipinski definition) is 5. The van der Waals surface area contributed by atoms with E-state index in [0.29, 0.717) is 19.4 Å². The summed E-state index contributed by atoms with van der Waals surface area (Å²) in [4.78, 5) is 22.2. The summed E-state index contributed by atoms with van der Waals surface area (Å²) in [6.45, 7) is 0.553. The number of non-ortho nitro benzene ring substituents is 1. The molecule has 0 spiro atoms. The van der Waals surface area contributed by atoms with E-state index in [2.05, 4.69) is 21.0 Å². The van der Waals surface area contributed by atoms with Crippen LogP contribution in [0.4, 0.5) is 10.1 Å². The average molecular weight is 412 g/mol. The van der Waals surface area contributed by atoms with Gasteiger partial charge in [0.15, 0.2) is 0 Å². The SMILES string of the molecule is O=C(O[C@H]1CC(Cn2cc(Br)cn2)C[C@H]1F)c1ccc([N+](=O)[O-])cc1. The number of esters is 1. The number of benzene rings is 1. The zero-order chi connectivity index (χ0) is 18.0. The molecule has 7 nitrogen and oxygen atoms in total. The lowest BCUT2D eigenvalue weighted by molar-refractivity contribution is -0.384. The molecule has 2 aromatic rings. The molecule has 0 N–H and O–H groups in total. The van der Waals surface area contributed by atoms with Crippen LogP contribution in [0.2, 0.25) is 0 Å². The van der Waals surface area contributed by atoms with Crippen molar-refractivity contribution in [2.45, 2.75) is 31.7 Å². The minimum absolute atomic E-state index is 0.0245. The van der Waals surface area contributed by atoms with Gasteiger partial charge >= 0.3 is 5.97 Å². The highest BCUT2D eigenvalue weighted by Gasteiger charge is 2.37. The van der Waals surface area contributed by atoms with Crippen LogP contribution >= 0.6 is 15.9 Å². The fourth-order valence-corrected chi connectivity index (χ4v) is 3.27. The van der Waals surface area contributed by atoms with Crippen LogP contribution in [0.1, 0.15) is 23.2 Å². The Morgan fingerprint density at radius 1 is 1.40 bits per heavy atom. The number of nitro groups is 1. The number of carbonyl (C=O) groups is 1. The molecule has 1 saturated carbocycles. The van der Waals surface area contributed by atoms with Crippen LogP contribution in [-0.4, -0.2) is 32.9 Å². The van der Waals surface area contributed by atoms with Crippen molar-refractivity contribution in [3.8, 4) is 0 Å². The van der Waals surface area contributed by atoms with Gasteiger partial charge in [-0.2, -0.15) is 5.10 Å². The van der Waals surface area contributed by atoms with Gasteiger partial charge in [-0.1, -0.05) is 0 Å². The highest BCUT2D eigenvalue weighted by atomic mass is 79.9. The van der Waals surface area contributed by atoms with E-state index in [4.69, 9.17) is 4.74 Å². The van der Waals surface area contributed by atoms with Gasteiger partial charge in [0.1, 0.15) is 12.3 Å². The number of rotatable bonds is 5. The van der Waals surface area contributed by atoms with E-state index in [1.54, 1.807) is 10.9 Å². The van der Waals surface area contributed by atoms with Crippen molar-refractivity contribution in [3.63, 3.8) is 0 Å². The highest BCUT2D eigenvalue weighted by molar-refractivity contribution is 9.10. The summed E-state index contributed by atoms with van der Waals surface area (Å²) in [5, 5.41) is 14.8. The van der Waals surface area contributed by atoms with Gasteiger partial charge < -0.3 is 4.74 Å². The third-order valence-electron chi connectivity index (χ3n) is 4.15. The second kappa shape index (κ2) is 7.30. The van der Waals surface area contributed by atoms with Crippen LogP contribution in [-0.2, 0) is 11.3 Å². The molecule has 0 aliphatic heterocycles. The second-order valence-corrected chi connectivity index (χ2v) is 6.90. The molecule has 1 unspecified atom stereocenters. The molecule has 0 radical (unpaired) electrons. The number of nitro benzene ring substituents is 1. The molecule has 3 atom stereocenters. The van der Waals surface area contributed by atoms with E-state index in [9.17, 15) is 19.3 Å². The van der Waals surface area contributed by atoms with Gasteiger partial charge in [-0.3, -0.25) is 14.8 Å². The smallest absolute Gasteiger partial charge is 0.338 e. The lowest BCUT2D eigenvalue weighted by atomic mass is 10.1. The first-order chi connectivity index (χ1) is 11.9. The molecule has 0 saturated heterocycles. The fraction of sp³-hybridized carbons (Fsp3) is 0.375. The molecular formula is C16H15BrFN3O4. The number of hydrogen-bond donors (Lipinski definition) is 0. The summed E-state index contributed by atoms with van der Waals surface area (Å²) in [6, 6.07) is 5.05. The molecule has 1 aromatic heterocycles. The Hall–Kier alpha value is -2.29. The summed E-state index contributed by atoms with van der Waals surface area (Å²) >= 11 is 3.31. The molecule has 132 valence electrons. The molecule has 1 aliphatic carbocycles. The van der Waals surface area contributed by atoms with E-state index in [-0.39, 0.29) is 17.2 Å². The van der Waals surface area contributed by atoms with Crippen molar-refractivity contribution in [1.29, 1.82) is 0 Å². The predicted octanol–water partition coefficient (Wildman–Crippen LogP) is 3.53. The van der Waals surface area contributed by atoms with Crippen LogP contribution in [0.3, 0.4) is 0 Å². The number of aromatic nitrogens is 2. The van der Waals surface area contributed by atoms with Crippen molar-refractivity contribution in [3.05, 3.63) is 56.8 Å². The maximum atomic E-state index is 14.2. The third kappa shape index (κ3) is 4.22. The first-order valence-electron chi connectivity index (χ1n) is 7.70. The van der Waals surface area contributed by atoms with E-state index < -0.39 is 23.2 Å². The second-order valence-electron chi connectivity index (χ2n) is 5.98. The first kappa shape index (κ1) is 17.5. The van der Waals surface area contributed by atoms with Crippen LogP contribution in [0, 0.1) is 16.0 Å². The van der Waals surface area contributed by atoms with Gasteiger partial charge in [-0.25, -0.2) is 9.18 Å². The molecule has 1 fully saturated rings. The van der Waals surface area contributed by atoms with E-state index in [1.165, 1.54) is 24.3 Å². The highest BCUT2D eigenvalue weighted by Crippen LogP contribution is 2.32. The van der Waals surface area contributed by atoms with Crippen LogP contribution in [0.25, 0.3) is 0 Å². The largest absolute Gasteiger partial charge is 0.456 e. The topological polar surface area (TPSA) is 87.3 Å². The predicted molar refractivity (Wildman–Crippen MR) is 89.8 cm³/mol. The van der Waals surface area contributed by atoms with Gasteiger partial charge in [0.25, 0.3) is 5.69 Å². The number of alkyl halides is 1. The Morgan fingerprint density at radius 2 is 2.12 bits per heavy atom. The van der Waals surface area contributed by atoms with Crippen molar-refractivity contribution in [2.75, 3.05) is 0 Å². The Balaban J connectivity index is 1.58. The van der Waals surface area contributed by atoms with Gasteiger partial charge in [-0.15, -0.1) is 0 Å². The Morgan fingerprint density at radius 3 is 2.72 bits per heavy atom. The summed E-state index contributed by atoms with van der Waals surface area (Å²) in [5.74, 6) is -0.651. The summed E-state index contributed by atoms with van der Waals surface area (Å²) in [5.41, 5.74) is 0.0449. The lowest BCUT2D eigenvalue weighted by Crippen LogP contribution is -2.23. The molecule has 3 rings (SSSR count). The maximum absolute atomic E-state index is 14.2. The van der Waals surface area contributed by atoms with Crippen molar-refractivity contribution in [1.82, 2.24) is 9.78 Å². The van der Waals surface area contributed by atoms with Crippen LogP contribution in [0.5, 0.6) is 0 Å². The number of halogens is 2. The normalized spacial score (nSPS) is 22.7. The minimum Gasteiger partial charge on any atom is -0.456 e. The zero-order valence-corrected chi connectivity index (χ0v) is 14.6. The monoisotopic (exact) mass is 411 g/mol. The van der Waals surface area contributed by atoms with E-state index in [0.717, 1.165) is 4.47 Å². The molecule has 9 heteroatoms. The number of nitrogens with zero attached hydrogens (tertiary/aromatic N) is 3. The Bertz CT molecular complexity index is 780. The Labute approximate surface area is 151 Å².